The molecule has 0 amide bonds. The van der Waals surface area contributed by atoms with Gasteiger partial charge in [0.25, 0.3) is 0 Å². The number of nitrogens with one attached hydrogen (secondary N) is 1. The monoisotopic (exact) mass is 313 g/mol. The number of halogens is 1. The third-order valence-corrected chi connectivity index (χ3v) is 6.31. The summed E-state index contributed by atoms with van der Waals surface area (Å²) in [6, 6.07) is 7.74. The van der Waals surface area contributed by atoms with Gasteiger partial charge in [-0.25, -0.2) is 0 Å². The van der Waals surface area contributed by atoms with Crippen LogP contribution in [0.2, 0.25) is 5.02 Å². The van der Waals surface area contributed by atoms with Crippen LogP contribution in [-0.4, -0.2) is 22.0 Å². The lowest BCUT2D eigenvalue weighted by molar-refractivity contribution is 0.174. The van der Waals surface area contributed by atoms with Crippen LogP contribution in [0.1, 0.15) is 40.0 Å². The summed E-state index contributed by atoms with van der Waals surface area (Å²) in [4.78, 5) is 0.889. The van der Waals surface area contributed by atoms with E-state index in [0.29, 0.717) is 11.1 Å². The average Bonchev–Trinajstić information content (AvgIpc) is 2.41. The Morgan fingerprint density at radius 3 is 2.60 bits per heavy atom. The Bertz CT molecular complexity index is 472. The molecule has 1 aliphatic carbocycles. The molecule has 20 heavy (non-hydrogen) atoms. The van der Waals surface area contributed by atoms with Crippen molar-refractivity contribution < 1.29 is 4.21 Å². The molecule has 2 rings (SSSR count). The minimum absolute atomic E-state index is 0.180. The maximum atomic E-state index is 12.9. The van der Waals surface area contributed by atoms with Gasteiger partial charge in [0, 0.05) is 16.0 Å². The second-order valence-corrected chi connectivity index (χ2v) is 8.31. The Balaban J connectivity index is 2.24. The van der Waals surface area contributed by atoms with E-state index in [1.54, 1.807) is 0 Å². The standard InChI is InChI=1S/C16H24ClNOS/c1-4-18-15-14(6-5-11-16(15,2)3)20(19)13-9-7-12(17)8-10-13/h7-10,14-15,18H,4-6,11H2,1-3H3. The number of hydrogen-bond acceptors (Lipinski definition) is 2. The van der Waals surface area contributed by atoms with Crippen LogP contribution in [0.15, 0.2) is 29.2 Å². The highest BCUT2D eigenvalue weighted by Crippen LogP contribution is 2.39. The molecule has 0 heterocycles. The van der Waals surface area contributed by atoms with Crippen LogP contribution in [0.4, 0.5) is 0 Å². The first-order chi connectivity index (χ1) is 9.45. The fourth-order valence-electron chi connectivity index (χ4n) is 3.19. The summed E-state index contributed by atoms with van der Waals surface area (Å²) in [6.45, 7) is 7.60. The second-order valence-electron chi connectivity index (χ2n) is 6.21. The van der Waals surface area contributed by atoms with Gasteiger partial charge in [-0.15, -0.1) is 0 Å². The van der Waals surface area contributed by atoms with Crippen LogP contribution in [-0.2, 0) is 10.8 Å². The van der Waals surface area contributed by atoms with Gasteiger partial charge in [-0.2, -0.15) is 0 Å². The second kappa shape index (κ2) is 6.59. The Kier molecular flexibility index (Phi) is 5.27. The molecular weight excluding hydrogens is 290 g/mol. The highest BCUT2D eigenvalue weighted by molar-refractivity contribution is 7.85. The molecule has 2 nitrogen and oxygen atoms in total. The van der Waals surface area contributed by atoms with E-state index in [1.807, 2.05) is 24.3 Å². The molecular formula is C16H24ClNOS. The van der Waals surface area contributed by atoms with Crippen molar-refractivity contribution in [2.45, 2.75) is 56.2 Å². The van der Waals surface area contributed by atoms with Gasteiger partial charge in [0.2, 0.25) is 0 Å². The summed E-state index contributed by atoms with van der Waals surface area (Å²) >= 11 is 5.91. The molecule has 3 unspecified atom stereocenters. The van der Waals surface area contributed by atoms with Crippen LogP contribution >= 0.6 is 11.6 Å². The Hall–Kier alpha value is -0.380. The molecule has 3 atom stereocenters. The summed E-state index contributed by atoms with van der Waals surface area (Å²) in [5.74, 6) is 0. The summed E-state index contributed by atoms with van der Waals surface area (Å²) in [5, 5.41) is 4.44. The third kappa shape index (κ3) is 3.44. The van der Waals surface area contributed by atoms with Crippen molar-refractivity contribution in [2.24, 2.45) is 5.41 Å². The van der Waals surface area contributed by atoms with E-state index in [2.05, 4.69) is 26.1 Å². The summed E-state index contributed by atoms with van der Waals surface area (Å²) < 4.78 is 12.9. The number of benzene rings is 1. The summed E-state index contributed by atoms with van der Waals surface area (Å²) in [6.07, 6.45) is 3.37. The molecule has 4 heteroatoms. The molecule has 0 aromatic heterocycles. The highest BCUT2D eigenvalue weighted by atomic mass is 35.5. The van der Waals surface area contributed by atoms with Gasteiger partial charge in [-0.05, 0) is 49.1 Å². The van der Waals surface area contributed by atoms with E-state index in [1.165, 1.54) is 6.42 Å². The van der Waals surface area contributed by atoms with Gasteiger partial charge in [-0.3, -0.25) is 4.21 Å². The van der Waals surface area contributed by atoms with E-state index in [0.717, 1.165) is 24.3 Å². The fourth-order valence-corrected chi connectivity index (χ4v) is 5.16. The average molecular weight is 314 g/mol. The third-order valence-electron chi connectivity index (χ3n) is 4.27. The zero-order valence-corrected chi connectivity index (χ0v) is 14.1. The minimum atomic E-state index is -0.977. The molecule has 1 aromatic rings. The maximum absolute atomic E-state index is 12.9. The molecule has 1 N–H and O–H groups in total. The van der Waals surface area contributed by atoms with Crippen molar-refractivity contribution in [3.63, 3.8) is 0 Å². The van der Waals surface area contributed by atoms with Gasteiger partial charge in [0.05, 0.1) is 16.0 Å². The lowest BCUT2D eigenvalue weighted by Gasteiger charge is -2.44. The van der Waals surface area contributed by atoms with Crippen molar-refractivity contribution in [1.82, 2.24) is 5.32 Å². The van der Waals surface area contributed by atoms with E-state index in [4.69, 9.17) is 11.6 Å². The smallest absolute Gasteiger partial charge is 0.0576 e. The van der Waals surface area contributed by atoms with Crippen molar-refractivity contribution in [1.29, 1.82) is 0 Å². The van der Waals surface area contributed by atoms with Gasteiger partial charge >= 0.3 is 0 Å². The van der Waals surface area contributed by atoms with Crippen LogP contribution < -0.4 is 5.32 Å². The molecule has 1 aliphatic rings. The normalized spacial score (nSPS) is 27.2. The molecule has 1 fully saturated rings. The lowest BCUT2D eigenvalue weighted by Crippen LogP contribution is -2.53. The van der Waals surface area contributed by atoms with Crippen LogP contribution in [0.5, 0.6) is 0 Å². The SMILES string of the molecule is CCNC1C(S(=O)c2ccc(Cl)cc2)CCCC1(C)C. The predicted molar refractivity (Wildman–Crippen MR) is 86.7 cm³/mol. The maximum Gasteiger partial charge on any atom is 0.0576 e. The fraction of sp³-hybridized carbons (Fsp3) is 0.625. The Morgan fingerprint density at radius 1 is 1.35 bits per heavy atom. The molecule has 0 radical (unpaired) electrons. The molecule has 1 saturated carbocycles. The van der Waals surface area contributed by atoms with Crippen molar-refractivity contribution >= 4 is 22.4 Å². The first-order valence-corrected chi connectivity index (χ1v) is 8.94. The molecule has 1 aromatic carbocycles. The number of hydrogen-bond donors (Lipinski definition) is 1. The van der Waals surface area contributed by atoms with E-state index in [9.17, 15) is 4.21 Å². The van der Waals surface area contributed by atoms with Crippen LogP contribution in [0.25, 0.3) is 0 Å². The molecule has 112 valence electrons. The van der Waals surface area contributed by atoms with Crippen molar-refractivity contribution in [3.8, 4) is 0 Å². The molecule has 0 bridgehead atoms. The van der Waals surface area contributed by atoms with Crippen molar-refractivity contribution in [3.05, 3.63) is 29.3 Å². The Labute approximate surface area is 129 Å². The van der Waals surface area contributed by atoms with Gasteiger partial charge in [0.1, 0.15) is 0 Å². The zero-order valence-electron chi connectivity index (χ0n) is 12.5. The Morgan fingerprint density at radius 2 is 2.00 bits per heavy atom. The quantitative estimate of drug-likeness (QED) is 0.910. The first-order valence-electron chi connectivity index (χ1n) is 7.35. The number of rotatable bonds is 4. The van der Waals surface area contributed by atoms with Crippen LogP contribution in [0, 0.1) is 5.41 Å². The molecule has 0 saturated heterocycles. The van der Waals surface area contributed by atoms with Gasteiger partial charge in [0.15, 0.2) is 0 Å². The topological polar surface area (TPSA) is 29.1 Å². The largest absolute Gasteiger partial charge is 0.313 e. The van der Waals surface area contributed by atoms with Gasteiger partial charge < -0.3 is 5.32 Å². The molecule has 0 aliphatic heterocycles. The predicted octanol–water partition coefficient (Wildman–Crippen LogP) is 4.00. The van der Waals surface area contributed by atoms with Gasteiger partial charge in [-0.1, -0.05) is 38.8 Å². The van der Waals surface area contributed by atoms with E-state index >= 15 is 0 Å². The van der Waals surface area contributed by atoms with Crippen molar-refractivity contribution in [2.75, 3.05) is 6.54 Å². The van der Waals surface area contributed by atoms with E-state index in [-0.39, 0.29) is 10.7 Å². The lowest BCUT2D eigenvalue weighted by atomic mass is 9.73. The first kappa shape index (κ1) is 16.0. The zero-order chi connectivity index (χ0) is 14.8. The van der Waals surface area contributed by atoms with Crippen LogP contribution in [0.3, 0.4) is 0 Å². The highest BCUT2D eigenvalue weighted by Gasteiger charge is 2.41. The summed E-state index contributed by atoms with van der Waals surface area (Å²) in [7, 11) is -0.977. The van der Waals surface area contributed by atoms with E-state index < -0.39 is 10.8 Å². The molecule has 0 spiro atoms. The minimum Gasteiger partial charge on any atom is -0.313 e. The summed E-state index contributed by atoms with van der Waals surface area (Å²) in [5.41, 5.74) is 0.195.